The molecule has 1 aromatic rings. The van der Waals surface area contributed by atoms with Crippen LogP contribution in [0.25, 0.3) is 0 Å². The fourth-order valence-electron chi connectivity index (χ4n) is 2.87. The first-order valence-corrected chi connectivity index (χ1v) is 8.12. The molecule has 0 radical (unpaired) electrons. The molecule has 0 saturated carbocycles. The topological polar surface area (TPSA) is 49.4 Å². The SMILES string of the molecule is O=S(=O)(Cc1ccc(F)cc1)N1CC2CCC(C1)N2. The molecule has 2 heterocycles. The van der Waals surface area contributed by atoms with Gasteiger partial charge in [-0.05, 0) is 30.5 Å². The molecule has 1 aromatic carbocycles. The Morgan fingerprint density at radius 2 is 1.74 bits per heavy atom. The van der Waals surface area contributed by atoms with Gasteiger partial charge in [0.15, 0.2) is 0 Å². The number of hydrogen-bond donors (Lipinski definition) is 1. The largest absolute Gasteiger partial charge is 0.309 e. The van der Waals surface area contributed by atoms with Gasteiger partial charge in [0.25, 0.3) is 0 Å². The maximum Gasteiger partial charge on any atom is 0.218 e. The molecule has 2 saturated heterocycles. The second-order valence-electron chi connectivity index (χ2n) is 5.34. The van der Waals surface area contributed by atoms with Crippen LogP contribution in [0.5, 0.6) is 0 Å². The van der Waals surface area contributed by atoms with Crippen molar-refractivity contribution in [1.29, 1.82) is 0 Å². The highest BCUT2D eigenvalue weighted by molar-refractivity contribution is 7.88. The lowest BCUT2D eigenvalue weighted by atomic mass is 10.2. The minimum Gasteiger partial charge on any atom is -0.309 e. The normalized spacial score (nSPS) is 27.6. The Balaban J connectivity index is 1.74. The van der Waals surface area contributed by atoms with Gasteiger partial charge in [0.05, 0.1) is 5.75 Å². The van der Waals surface area contributed by atoms with Crippen molar-refractivity contribution >= 4 is 10.0 Å². The maximum atomic E-state index is 12.8. The van der Waals surface area contributed by atoms with E-state index < -0.39 is 10.0 Å². The van der Waals surface area contributed by atoms with Gasteiger partial charge in [-0.25, -0.2) is 12.8 Å². The van der Waals surface area contributed by atoms with Gasteiger partial charge >= 0.3 is 0 Å². The Morgan fingerprint density at radius 3 is 2.32 bits per heavy atom. The van der Waals surface area contributed by atoms with Crippen LogP contribution in [0.15, 0.2) is 24.3 Å². The van der Waals surface area contributed by atoms with E-state index in [0.717, 1.165) is 12.8 Å². The lowest BCUT2D eigenvalue weighted by Crippen LogP contribution is -2.53. The van der Waals surface area contributed by atoms with E-state index in [1.54, 1.807) is 4.31 Å². The first-order chi connectivity index (χ1) is 9.03. The third-order valence-electron chi connectivity index (χ3n) is 3.84. The van der Waals surface area contributed by atoms with Crippen LogP contribution in [0.1, 0.15) is 18.4 Å². The molecule has 0 aliphatic carbocycles. The average molecular weight is 284 g/mol. The van der Waals surface area contributed by atoms with Crippen molar-refractivity contribution in [3.05, 3.63) is 35.6 Å². The summed E-state index contributed by atoms with van der Waals surface area (Å²) in [5, 5.41) is 3.41. The monoisotopic (exact) mass is 284 g/mol. The molecule has 19 heavy (non-hydrogen) atoms. The van der Waals surface area contributed by atoms with Crippen LogP contribution < -0.4 is 5.32 Å². The quantitative estimate of drug-likeness (QED) is 0.904. The van der Waals surface area contributed by atoms with Crippen LogP contribution in [-0.4, -0.2) is 37.9 Å². The number of sulfonamides is 1. The number of fused-ring (bicyclic) bond motifs is 2. The fourth-order valence-corrected chi connectivity index (χ4v) is 4.48. The molecule has 4 nitrogen and oxygen atoms in total. The summed E-state index contributed by atoms with van der Waals surface area (Å²) in [5.41, 5.74) is 0.632. The summed E-state index contributed by atoms with van der Waals surface area (Å²) in [4.78, 5) is 0. The van der Waals surface area contributed by atoms with E-state index in [0.29, 0.717) is 30.7 Å². The summed E-state index contributed by atoms with van der Waals surface area (Å²) in [6.07, 6.45) is 2.10. The third-order valence-corrected chi connectivity index (χ3v) is 5.62. The summed E-state index contributed by atoms with van der Waals surface area (Å²) >= 11 is 0. The Hall–Kier alpha value is -0.980. The van der Waals surface area contributed by atoms with Crippen LogP contribution in [0.3, 0.4) is 0 Å². The predicted molar refractivity (Wildman–Crippen MR) is 70.5 cm³/mol. The molecule has 6 heteroatoms. The average Bonchev–Trinajstić information content (AvgIpc) is 2.71. The summed E-state index contributed by atoms with van der Waals surface area (Å²) in [6.45, 7) is 1.11. The highest BCUT2D eigenvalue weighted by atomic mass is 32.2. The van der Waals surface area contributed by atoms with Crippen LogP contribution in [0.4, 0.5) is 4.39 Å². The van der Waals surface area contributed by atoms with E-state index >= 15 is 0 Å². The van der Waals surface area contributed by atoms with Crippen molar-refractivity contribution in [2.75, 3.05) is 13.1 Å². The lowest BCUT2D eigenvalue weighted by Gasteiger charge is -2.32. The van der Waals surface area contributed by atoms with Crippen molar-refractivity contribution in [3.8, 4) is 0 Å². The molecule has 0 spiro atoms. The highest BCUT2D eigenvalue weighted by Crippen LogP contribution is 2.23. The summed E-state index contributed by atoms with van der Waals surface area (Å²) < 4.78 is 39.1. The zero-order valence-electron chi connectivity index (χ0n) is 10.5. The van der Waals surface area contributed by atoms with Crippen molar-refractivity contribution in [1.82, 2.24) is 9.62 Å². The van der Waals surface area contributed by atoms with Gasteiger partial charge in [-0.2, -0.15) is 4.31 Å². The van der Waals surface area contributed by atoms with Gasteiger partial charge in [-0.15, -0.1) is 0 Å². The summed E-state index contributed by atoms with van der Waals surface area (Å²) in [7, 11) is -3.30. The van der Waals surface area contributed by atoms with E-state index in [9.17, 15) is 12.8 Å². The molecule has 0 amide bonds. The van der Waals surface area contributed by atoms with Gasteiger partial charge in [0.1, 0.15) is 5.82 Å². The van der Waals surface area contributed by atoms with E-state index in [1.807, 2.05) is 0 Å². The Kier molecular flexibility index (Phi) is 3.32. The first kappa shape index (κ1) is 13.0. The molecule has 104 valence electrons. The van der Waals surface area contributed by atoms with Crippen molar-refractivity contribution < 1.29 is 12.8 Å². The minimum absolute atomic E-state index is 0.0489. The van der Waals surface area contributed by atoms with Crippen molar-refractivity contribution in [2.24, 2.45) is 0 Å². The predicted octanol–water partition coefficient (Wildman–Crippen LogP) is 1.09. The molecular formula is C13H17FN2O2S. The standard InChI is InChI=1S/C13H17FN2O2S/c14-11-3-1-10(2-4-11)9-19(17,18)16-7-12-5-6-13(8-16)15-12/h1-4,12-13,15H,5-9H2. The summed E-state index contributed by atoms with van der Waals surface area (Å²) in [5.74, 6) is -0.395. The smallest absolute Gasteiger partial charge is 0.218 e. The third kappa shape index (κ3) is 2.80. The number of nitrogens with one attached hydrogen (secondary N) is 1. The second kappa shape index (κ2) is 4.85. The Labute approximate surface area is 112 Å². The number of rotatable bonds is 3. The molecule has 1 N–H and O–H groups in total. The summed E-state index contributed by atoms with van der Waals surface area (Å²) in [6, 6.07) is 6.25. The second-order valence-corrected chi connectivity index (χ2v) is 7.31. The van der Waals surface area contributed by atoms with Crippen molar-refractivity contribution in [3.63, 3.8) is 0 Å². The minimum atomic E-state index is -3.30. The lowest BCUT2D eigenvalue weighted by molar-refractivity contribution is 0.296. The van der Waals surface area contributed by atoms with Crippen LogP contribution in [0, 0.1) is 5.82 Å². The van der Waals surface area contributed by atoms with Gasteiger partial charge in [-0.1, -0.05) is 12.1 Å². The Bertz CT molecular complexity index is 547. The molecule has 2 fully saturated rings. The van der Waals surface area contributed by atoms with Gasteiger partial charge in [-0.3, -0.25) is 0 Å². The van der Waals surface area contributed by atoms with E-state index in [1.165, 1.54) is 24.3 Å². The molecule has 2 aliphatic rings. The zero-order chi connectivity index (χ0) is 13.5. The van der Waals surface area contributed by atoms with E-state index in [2.05, 4.69) is 5.32 Å². The molecule has 2 bridgehead atoms. The van der Waals surface area contributed by atoms with E-state index in [-0.39, 0.29) is 11.6 Å². The molecule has 0 aromatic heterocycles. The molecular weight excluding hydrogens is 267 g/mol. The fraction of sp³-hybridized carbons (Fsp3) is 0.538. The molecule has 2 aliphatic heterocycles. The first-order valence-electron chi connectivity index (χ1n) is 6.51. The molecule has 2 atom stereocenters. The zero-order valence-corrected chi connectivity index (χ0v) is 11.4. The van der Waals surface area contributed by atoms with Crippen molar-refractivity contribution in [2.45, 2.75) is 30.7 Å². The van der Waals surface area contributed by atoms with Crippen LogP contribution in [0.2, 0.25) is 0 Å². The van der Waals surface area contributed by atoms with Crippen LogP contribution >= 0.6 is 0 Å². The van der Waals surface area contributed by atoms with Gasteiger partial charge < -0.3 is 5.32 Å². The van der Waals surface area contributed by atoms with Gasteiger partial charge in [0, 0.05) is 25.2 Å². The highest BCUT2D eigenvalue weighted by Gasteiger charge is 2.37. The number of halogens is 1. The number of hydrogen-bond acceptors (Lipinski definition) is 3. The van der Waals surface area contributed by atoms with E-state index in [4.69, 9.17) is 0 Å². The Morgan fingerprint density at radius 1 is 1.16 bits per heavy atom. The molecule has 2 unspecified atom stereocenters. The number of benzene rings is 1. The number of piperazine rings is 1. The molecule has 3 rings (SSSR count). The maximum absolute atomic E-state index is 12.8. The van der Waals surface area contributed by atoms with Gasteiger partial charge in [0.2, 0.25) is 10.0 Å². The number of nitrogens with zero attached hydrogens (tertiary/aromatic N) is 1. The van der Waals surface area contributed by atoms with Crippen LogP contribution in [-0.2, 0) is 15.8 Å².